The lowest BCUT2D eigenvalue weighted by Crippen LogP contribution is -2.54. The van der Waals surface area contributed by atoms with E-state index in [1.54, 1.807) is 4.90 Å². The van der Waals surface area contributed by atoms with Gasteiger partial charge in [0, 0.05) is 24.6 Å². The van der Waals surface area contributed by atoms with Gasteiger partial charge in [-0.2, -0.15) is 0 Å². The molecule has 1 saturated carbocycles. The minimum absolute atomic E-state index is 0.0578. The molecular formula is C16H20FNO2. The molecule has 1 aromatic rings. The van der Waals surface area contributed by atoms with E-state index in [0.717, 1.165) is 25.7 Å². The van der Waals surface area contributed by atoms with Crippen molar-refractivity contribution in [2.24, 2.45) is 5.92 Å². The third-order valence-electron chi connectivity index (χ3n) is 4.81. The first-order valence-corrected chi connectivity index (χ1v) is 7.36. The second kappa shape index (κ2) is 5.17. The number of carbonyl (C=O) groups is 1. The van der Waals surface area contributed by atoms with E-state index in [2.05, 4.69) is 0 Å². The van der Waals surface area contributed by atoms with E-state index in [4.69, 9.17) is 0 Å². The van der Waals surface area contributed by atoms with Crippen LogP contribution >= 0.6 is 0 Å². The van der Waals surface area contributed by atoms with Gasteiger partial charge in [-0.15, -0.1) is 0 Å². The van der Waals surface area contributed by atoms with Gasteiger partial charge in [-0.1, -0.05) is 12.8 Å². The number of halogens is 1. The lowest BCUT2D eigenvalue weighted by molar-refractivity contribution is -0.0886. The van der Waals surface area contributed by atoms with Crippen LogP contribution in [0.3, 0.4) is 0 Å². The number of benzene rings is 1. The molecule has 3 rings (SSSR count). The molecule has 4 heteroatoms. The summed E-state index contributed by atoms with van der Waals surface area (Å²) in [6, 6.07) is 5.68. The Bertz CT molecular complexity index is 502. The minimum atomic E-state index is -0.572. The van der Waals surface area contributed by atoms with Crippen LogP contribution in [0, 0.1) is 11.7 Å². The molecule has 0 bridgehead atoms. The summed E-state index contributed by atoms with van der Waals surface area (Å²) in [7, 11) is 0. The fourth-order valence-electron chi connectivity index (χ4n) is 3.53. The van der Waals surface area contributed by atoms with Crippen LogP contribution in [0.4, 0.5) is 4.39 Å². The maximum absolute atomic E-state index is 12.9. The largest absolute Gasteiger partial charge is 0.389 e. The normalized spacial score (nSPS) is 29.9. The molecule has 2 atom stereocenters. The topological polar surface area (TPSA) is 40.5 Å². The Balaban J connectivity index is 1.72. The van der Waals surface area contributed by atoms with Crippen LogP contribution in [-0.4, -0.2) is 34.6 Å². The third-order valence-corrected chi connectivity index (χ3v) is 4.81. The molecule has 1 aromatic carbocycles. The summed E-state index contributed by atoms with van der Waals surface area (Å²) in [5.74, 6) is -0.200. The van der Waals surface area contributed by atoms with Gasteiger partial charge >= 0.3 is 0 Å². The predicted molar refractivity (Wildman–Crippen MR) is 73.8 cm³/mol. The SMILES string of the molecule is O=C(c1ccc(F)cc1)N1CC[C@]2(O)CCCC[C@H]2C1. The minimum Gasteiger partial charge on any atom is -0.389 e. The number of aliphatic hydroxyl groups is 1. The number of piperidine rings is 1. The van der Waals surface area contributed by atoms with Crippen molar-refractivity contribution in [2.45, 2.75) is 37.7 Å². The summed E-state index contributed by atoms with van der Waals surface area (Å²) in [4.78, 5) is 14.2. The monoisotopic (exact) mass is 277 g/mol. The highest BCUT2D eigenvalue weighted by molar-refractivity contribution is 5.94. The summed E-state index contributed by atoms with van der Waals surface area (Å²) >= 11 is 0. The zero-order chi connectivity index (χ0) is 14.2. The number of carbonyl (C=O) groups excluding carboxylic acids is 1. The highest BCUT2D eigenvalue weighted by Gasteiger charge is 2.43. The molecule has 20 heavy (non-hydrogen) atoms. The fourth-order valence-corrected chi connectivity index (χ4v) is 3.53. The molecule has 1 aliphatic heterocycles. The molecule has 0 aromatic heterocycles. The zero-order valence-corrected chi connectivity index (χ0v) is 11.5. The molecule has 0 radical (unpaired) electrons. The van der Waals surface area contributed by atoms with Crippen molar-refractivity contribution in [2.75, 3.05) is 13.1 Å². The van der Waals surface area contributed by atoms with Gasteiger partial charge in [-0.3, -0.25) is 4.79 Å². The predicted octanol–water partition coefficient (Wildman–Crippen LogP) is 2.59. The smallest absolute Gasteiger partial charge is 0.253 e. The van der Waals surface area contributed by atoms with Crippen molar-refractivity contribution in [1.29, 1.82) is 0 Å². The average molecular weight is 277 g/mol. The fraction of sp³-hybridized carbons (Fsp3) is 0.562. The van der Waals surface area contributed by atoms with Crippen LogP contribution in [0.5, 0.6) is 0 Å². The molecule has 2 fully saturated rings. The van der Waals surface area contributed by atoms with Crippen molar-refractivity contribution < 1.29 is 14.3 Å². The molecule has 1 aliphatic carbocycles. The Morgan fingerprint density at radius 2 is 2.00 bits per heavy atom. The van der Waals surface area contributed by atoms with E-state index in [9.17, 15) is 14.3 Å². The van der Waals surface area contributed by atoms with Crippen molar-refractivity contribution in [3.05, 3.63) is 35.6 Å². The molecule has 108 valence electrons. The van der Waals surface area contributed by atoms with Crippen molar-refractivity contribution in [3.63, 3.8) is 0 Å². The lowest BCUT2D eigenvalue weighted by atomic mass is 9.71. The number of hydrogen-bond donors (Lipinski definition) is 1. The van der Waals surface area contributed by atoms with Gasteiger partial charge in [0.05, 0.1) is 5.60 Å². The first kappa shape index (κ1) is 13.6. The summed E-state index contributed by atoms with van der Waals surface area (Å²) in [5.41, 5.74) is -0.0506. The van der Waals surface area contributed by atoms with Gasteiger partial charge in [0.15, 0.2) is 0 Å². The van der Waals surface area contributed by atoms with Crippen LogP contribution in [0.2, 0.25) is 0 Å². The standard InChI is InChI=1S/C16H20FNO2/c17-14-6-4-12(5-7-14)15(19)18-10-9-16(20)8-2-1-3-13(16)11-18/h4-7,13,20H,1-3,8-11H2/t13-,16+/m0/s1. The van der Waals surface area contributed by atoms with Crippen molar-refractivity contribution in [3.8, 4) is 0 Å². The molecule has 3 nitrogen and oxygen atoms in total. The maximum Gasteiger partial charge on any atom is 0.253 e. The summed E-state index contributed by atoms with van der Waals surface area (Å²) in [5, 5.41) is 10.6. The van der Waals surface area contributed by atoms with E-state index in [-0.39, 0.29) is 17.6 Å². The number of likely N-dealkylation sites (tertiary alicyclic amines) is 1. The molecule has 0 unspecified atom stereocenters. The highest BCUT2D eigenvalue weighted by atomic mass is 19.1. The van der Waals surface area contributed by atoms with Gasteiger partial charge in [0.25, 0.3) is 5.91 Å². The maximum atomic E-state index is 12.9. The van der Waals surface area contributed by atoms with Gasteiger partial charge in [-0.25, -0.2) is 4.39 Å². The first-order chi connectivity index (χ1) is 9.58. The second-order valence-corrected chi connectivity index (χ2v) is 6.05. The van der Waals surface area contributed by atoms with Crippen molar-refractivity contribution >= 4 is 5.91 Å². The molecule has 1 amide bonds. The van der Waals surface area contributed by atoms with Crippen LogP contribution in [-0.2, 0) is 0 Å². The third kappa shape index (κ3) is 2.44. The Kier molecular flexibility index (Phi) is 3.50. The Hall–Kier alpha value is -1.42. The second-order valence-electron chi connectivity index (χ2n) is 6.05. The van der Waals surface area contributed by atoms with Crippen LogP contribution < -0.4 is 0 Å². The van der Waals surface area contributed by atoms with E-state index in [1.807, 2.05) is 0 Å². The number of rotatable bonds is 1. The molecule has 2 aliphatic rings. The number of amides is 1. The van der Waals surface area contributed by atoms with E-state index >= 15 is 0 Å². The number of hydrogen-bond acceptors (Lipinski definition) is 2. The van der Waals surface area contributed by atoms with Gasteiger partial charge in [0.2, 0.25) is 0 Å². The summed E-state index contributed by atoms with van der Waals surface area (Å²) in [6.45, 7) is 1.20. The Morgan fingerprint density at radius 1 is 1.25 bits per heavy atom. The van der Waals surface area contributed by atoms with Gasteiger partial charge < -0.3 is 10.0 Å². The zero-order valence-electron chi connectivity index (χ0n) is 11.5. The Morgan fingerprint density at radius 3 is 2.75 bits per heavy atom. The molecule has 0 spiro atoms. The molecular weight excluding hydrogens is 257 g/mol. The van der Waals surface area contributed by atoms with Crippen LogP contribution in [0.15, 0.2) is 24.3 Å². The Labute approximate surface area is 118 Å². The van der Waals surface area contributed by atoms with E-state index in [0.29, 0.717) is 25.1 Å². The van der Waals surface area contributed by atoms with Gasteiger partial charge in [-0.05, 0) is 43.5 Å². The quantitative estimate of drug-likeness (QED) is 0.857. The average Bonchev–Trinajstić information content (AvgIpc) is 2.46. The molecule has 1 N–H and O–H groups in total. The van der Waals surface area contributed by atoms with Crippen molar-refractivity contribution in [1.82, 2.24) is 4.90 Å². The lowest BCUT2D eigenvalue weighted by Gasteiger charge is -2.47. The highest BCUT2D eigenvalue weighted by Crippen LogP contribution is 2.39. The van der Waals surface area contributed by atoms with Crippen LogP contribution in [0.25, 0.3) is 0 Å². The summed E-state index contributed by atoms with van der Waals surface area (Å²) < 4.78 is 12.9. The first-order valence-electron chi connectivity index (χ1n) is 7.36. The molecule has 1 heterocycles. The van der Waals surface area contributed by atoms with Gasteiger partial charge in [0.1, 0.15) is 5.82 Å². The molecule has 1 saturated heterocycles. The number of fused-ring (bicyclic) bond motifs is 1. The summed E-state index contributed by atoms with van der Waals surface area (Å²) in [6.07, 6.45) is 4.72. The van der Waals surface area contributed by atoms with Crippen LogP contribution in [0.1, 0.15) is 42.5 Å². The van der Waals surface area contributed by atoms with E-state index in [1.165, 1.54) is 24.3 Å². The van der Waals surface area contributed by atoms with E-state index < -0.39 is 5.60 Å². The number of nitrogens with zero attached hydrogens (tertiary/aromatic N) is 1.